The minimum atomic E-state index is -0.713. The van der Waals surface area contributed by atoms with E-state index >= 15 is 0 Å². The normalized spacial score (nSPS) is 12.2. The maximum absolute atomic E-state index is 10.8. The van der Waals surface area contributed by atoms with Gasteiger partial charge in [0, 0.05) is 28.9 Å². The topological polar surface area (TPSA) is 145 Å². The van der Waals surface area contributed by atoms with Gasteiger partial charge in [0.15, 0.2) is 0 Å². The van der Waals surface area contributed by atoms with Crippen molar-refractivity contribution in [2.24, 2.45) is 0 Å². The predicted octanol–water partition coefficient (Wildman–Crippen LogP) is 7.41. The third-order valence-electron chi connectivity index (χ3n) is 8.04. The lowest BCUT2D eigenvalue weighted by atomic mass is 10.0. The molecule has 10 heteroatoms. The monoisotopic (exact) mass is 644 g/mol. The first kappa shape index (κ1) is 33.8. The molecule has 0 saturated carbocycles. The number of nitrogen functional groups attached to an aromatic ring is 1. The minimum absolute atomic E-state index is 0.0386. The van der Waals surface area contributed by atoms with Crippen LogP contribution in [0.3, 0.4) is 0 Å². The smallest absolute Gasteiger partial charge is 0.269 e. The van der Waals surface area contributed by atoms with Gasteiger partial charge in [-0.05, 0) is 74.2 Å². The number of aliphatic hydroxyl groups is 2. The molecular formula is C38H40N6O4. The highest BCUT2D eigenvalue weighted by Gasteiger charge is 2.22. The number of hydrogen-bond donors (Lipinski definition) is 3. The molecule has 0 saturated heterocycles. The molecular weight excluding hydrogens is 604 g/mol. The second kappa shape index (κ2) is 14.9. The van der Waals surface area contributed by atoms with Crippen molar-refractivity contribution in [1.82, 2.24) is 19.6 Å². The number of nitrogens with zero attached hydrogens (tertiary/aromatic N) is 5. The summed E-state index contributed by atoms with van der Waals surface area (Å²) in [4.78, 5) is 10.4. The van der Waals surface area contributed by atoms with Gasteiger partial charge in [0.05, 0.1) is 53.0 Å². The molecule has 0 spiro atoms. The average molecular weight is 645 g/mol. The van der Waals surface area contributed by atoms with Gasteiger partial charge < -0.3 is 15.9 Å². The van der Waals surface area contributed by atoms with E-state index in [-0.39, 0.29) is 5.69 Å². The lowest BCUT2D eigenvalue weighted by molar-refractivity contribution is -0.384. The minimum Gasteiger partial charge on any atom is -0.399 e. The van der Waals surface area contributed by atoms with Crippen molar-refractivity contribution in [1.29, 1.82) is 0 Å². The number of non-ortho nitro benzene ring substituents is 1. The van der Waals surface area contributed by atoms with Crippen molar-refractivity contribution in [3.8, 4) is 22.3 Å². The summed E-state index contributed by atoms with van der Waals surface area (Å²) in [6.45, 7) is 8.51. The first-order valence-corrected chi connectivity index (χ1v) is 15.7. The number of anilines is 1. The first-order chi connectivity index (χ1) is 23.0. The molecule has 2 atom stereocenters. The fraction of sp³-hybridized carbons (Fsp3) is 0.211. The van der Waals surface area contributed by atoms with Crippen LogP contribution in [0.4, 0.5) is 11.4 Å². The largest absolute Gasteiger partial charge is 0.399 e. The Kier molecular flexibility index (Phi) is 10.5. The lowest BCUT2D eigenvalue weighted by Crippen LogP contribution is -2.09. The fourth-order valence-corrected chi connectivity index (χ4v) is 5.91. The zero-order valence-electron chi connectivity index (χ0n) is 27.5. The molecule has 10 nitrogen and oxygen atoms in total. The highest BCUT2D eigenvalue weighted by molar-refractivity contribution is 5.71. The van der Waals surface area contributed by atoms with Crippen LogP contribution in [0.5, 0.6) is 0 Å². The van der Waals surface area contributed by atoms with Crippen LogP contribution in [0.15, 0.2) is 109 Å². The average Bonchev–Trinajstić information content (AvgIpc) is 3.58. The van der Waals surface area contributed by atoms with E-state index in [1.807, 2.05) is 91.3 Å². The Labute approximate surface area is 279 Å². The summed E-state index contributed by atoms with van der Waals surface area (Å²) in [6.07, 6.45) is -1.32. The molecule has 4 aromatic carbocycles. The van der Waals surface area contributed by atoms with Crippen LogP contribution in [0, 0.1) is 24.0 Å². The SMILES string of the molecule is Cc1nn(Cc2ccccc2)c(C(C)O)c1-c1ccc(N)cc1.Cc1nn(Cc2ccccc2)c(C(C)O)c1-c1ccc([N+](=O)[O-])cc1. The molecule has 2 aromatic heterocycles. The molecule has 2 heterocycles. The maximum atomic E-state index is 10.8. The number of benzene rings is 4. The molecule has 48 heavy (non-hydrogen) atoms. The van der Waals surface area contributed by atoms with Crippen LogP contribution in [0.2, 0.25) is 0 Å². The van der Waals surface area contributed by atoms with Gasteiger partial charge in [-0.15, -0.1) is 0 Å². The standard InChI is InChI=1S/C19H19N3O3.C19H21N3O/c1-13-18(16-8-10-17(11-9-16)22(24)25)19(14(2)23)21(20-13)12-15-6-4-3-5-7-15;1-13-18(16-8-10-17(20)11-9-16)19(14(2)23)22(21-13)12-15-6-4-3-5-7-15/h3-11,14,23H,12H2,1-2H3;3-11,14,23H,12,20H2,1-2H3. The molecule has 0 radical (unpaired) electrons. The molecule has 6 rings (SSSR count). The Hall–Kier alpha value is -5.58. The predicted molar refractivity (Wildman–Crippen MR) is 188 cm³/mol. The van der Waals surface area contributed by atoms with E-state index in [1.165, 1.54) is 12.1 Å². The highest BCUT2D eigenvalue weighted by atomic mass is 16.6. The second-order valence-corrected chi connectivity index (χ2v) is 11.8. The third-order valence-corrected chi connectivity index (χ3v) is 8.04. The van der Waals surface area contributed by atoms with Crippen molar-refractivity contribution < 1.29 is 15.1 Å². The summed E-state index contributed by atoms with van der Waals surface area (Å²) in [7, 11) is 0. The van der Waals surface area contributed by atoms with E-state index in [4.69, 9.17) is 5.73 Å². The molecule has 0 bridgehead atoms. The molecule has 0 aliphatic carbocycles. The fourth-order valence-electron chi connectivity index (χ4n) is 5.91. The van der Waals surface area contributed by atoms with E-state index in [1.54, 1.807) is 30.7 Å². The lowest BCUT2D eigenvalue weighted by Gasteiger charge is -2.13. The number of nitrogens with two attached hydrogens (primary N) is 1. The summed E-state index contributed by atoms with van der Waals surface area (Å²) in [5.41, 5.74) is 15.6. The third kappa shape index (κ3) is 7.68. The highest BCUT2D eigenvalue weighted by Crippen LogP contribution is 2.34. The molecule has 4 N–H and O–H groups in total. The van der Waals surface area contributed by atoms with Crippen molar-refractivity contribution in [2.75, 3.05) is 5.73 Å². The molecule has 2 unspecified atom stereocenters. The van der Waals surface area contributed by atoms with E-state index in [0.717, 1.165) is 56.1 Å². The van der Waals surface area contributed by atoms with Gasteiger partial charge >= 0.3 is 0 Å². The van der Waals surface area contributed by atoms with Gasteiger partial charge in [0.1, 0.15) is 0 Å². The van der Waals surface area contributed by atoms with Crippen LogP contribution < -0.4 is 5.73 Å². The molecule has 0 aliphatic rings. The summed E-state index contributed by atoms with van der Waals surface area (Å²) in [5, 5.41) is 40.7. The summed E-state index contributed by atoms with van der Waals surface area (Å²) in [5.74, 6) is 0. The Balaban J connectivity index is 0.000000188. The zero-order valence-corrected chi connectivity index (χ0v) is 27.5. The summed E-state index contributed by atoms with van der Waals surface area (Å²) < 4.78 is 3.69. The van der Waals surface area contributed by atoms with E-state index < -0.39 is 17.1 Å². The van der Waals surface area contributed by atoms with Gasteiger partial charge in [-0.3, -0.25) is 19.5 Å². The van der Waals surface area contributed by atoms with Crippen molar-refractivity contribution in [2.45, 2.75) is 53.0 Å². The van der Waals surface area contributed by atoms with Crippen LogP contribution in [0.25, 0.3) is 22.3 Å². The van der Waals surface area contributed by atoms with Gasteiger partial charge in [0.2, 0.25) is 0 Å². The number of aryl methyl sites for hydroxylation is 2. The molecule has 246 valence electrons. The number of rotatable bonds is 9. The maximum Gasteiger partial charge on any atom is 0.269 e. The van der Waals surface area contributed by atoms with Crippen LogP contribution in [-0.4, -0.2) is 34.7 Å². The Morgan fingerprint density at radius 1 is 0.667 bits per heavy atom. The van der Waals surface area contributed by atoms with E-state index in [0.29, 0.717) is 18.8 Å². The second-order valence-electron chi connectivity index (χ2n) is 11.8. The molecule has 0 fully saturated rings. The van der Waals surface area contributed by atoms with Gasteiger partial charge in [0.25, 0.3) is 5.69 Å². The van der Waals surface area contributed by atoms with Gasteiger partial charge in [-0.2, -0.15) is 10.2 Å². The first-order valence-electron chi connectivity index (χ1n) is 15.7. The van der Waals surface area contributed by atoms with Crippen molar-refractivity contribution in [3.63, 3.8) is 0 Å². The van der Waals surface area contributed by atoms with Crippen molar-refractivity contribution in [3.05, 3.63) is 153 Å². The van der Waals surface area contributed by atoms with Gasteiger partial charge in [-0.1, -0.05) is 72.8 Å². The Morgan fingerprint density at radius 2 is 1.04 bits per heavy atom. The Bertz CT molecular complexity index is 1960. The summed E-state index contributed by atoms with van der Waals surface area (Å²) in [6, 6.07) is 34.0. The molecule has 0 aliphatic heterocycles. The number of hydrogen-bond acceptors (Lipinski definition) is 7. The van der Waals surface area contributed by atoms with Crippen LogP contribution in [-0.2, 0) is 13.1 Å². The van der Waals surface area contributed by atoms with Gasteiger partial charge in [-0.25, -0.2) is 0 Å². The Morgan fingerprint density at radius 3 is 1.40 bits per heavy atom. The molecule has 6 aromatic rings. The van der Waals surface area contributed by atoms with E-state index in [2.05, 4.69) is 22.3 Å². The zero-order chi connectivity index (χ0) is 34.4. The quantitative estimate of drug-likeness (QED) is 0.0844. The number of aromatic nitrogens is 4. The van der Waals surface area contributed by atoms with Crippen LogP contribution in [0.1, 0.15) is 60.0 Å². The molecule has 0 amide bonds. The number of nitro benzene ring substituents is 1. The number of nitro groups is 1. The summed E-state index contributed by atoms with van der Waals surface area (Å²) >= 11 is 0. The van der Waals surface area contributed by atoms with Crippen LogP contribution >= 0.6 is 0 Å². The number of aliphatic hydroxyl groups excluding tert-OH is 2. The van der Waals surface area contributed by atoms with Crippen molar-refractivity contribution >= 4 is 11.4 Å². The van der Waals surface area contributed by atoms with E-state index in [9.17, 15) is 20.3 Å².